The van der Waals surface area contributed by atoms with Gasteiger partial charge in [0.05, 0.1) is 18.6 Å². The fourth-order valence-corrected chi connectivity index (χ4v) is 2.83. The highest BCUT2D eigenvalue weighted by Crippen LogP contribution is 2.20. The molecule has 22 heavy (non-hydrogen) atoms. The first kappa shape index (κ1) is 16.5. The number of carbonyl (C=O) groups excluding carboxylic acids is 2. The highest BCUT2D eigenvalue weighted by atomic mass is 16.5. The third kappa shape index (κ3) is 4.56. The number of piperidine rings is 1. The Hall–Kier alpha value is -1.88. The predicted molar refractivity (Wildman–Crippen MR) is 84.2 cm³/mol. The Morgan fingerprint density at radius 3 is 2.45 bits per heavy atom. The summed E-state index contributed by atoms with van der Waals surface area (Å²) < 4.78 is 5.33. The third-order valence-corrected chi connectivity index (χ3v) is 4.09. The molecule has 1 aliphatic heterocycles. The number of benzene rings is 1. The van der Waals surface area contributed by atoms with E-state index in [1.165, 1.54) is 6.92 Å². The molecule has 0 aromatic heterocycles. The monoisotopic (exact) mass is 304 g/mol. The zero-order chi connectivity index (χ0) is 15.9. The van der Waals surface area contributed by atoms with Gasteiger partial charge >= 0.3 is 0 Å². The minimum absolute atomic E-state index is 0.0807. The van der Waals surface area contributed by atoms with Gasteiger partial charge < -0.3 is 15.0 Å². The van der Waals surface area contributed by atoms with Crippen LogP contribution in [0.4, 0.5) is 0 Å². The smallest absolute Gasteiger partial charge is 0.224 e. The van der Waals surface area contributed by atoms with Crippen LogP contribution in [0.5, 0.6) is 0 Å². The molecule has 1 aromatic rings. The first-order chi connectivity index (χ1) is 10.6. The van der Waals surface area contributed by atoms with Gasteiger partial charge in [-0.25, -0.2) is 0 Å². The topological polar surface area (TPSA) is 58.6 Å². The molecule has 1 atom stereocenters. The number of carbonyl (C=O) groups is 2. The second-order valence-electron chi connectivity index (χ2n) is 5.68. The van der Waals surface area contributed by atoms with E-state index in [0.29, 0.717) is 6.42 Å². The van der Waals surface area contributed by atoms with Crippen molar-refractivity contribution < 1.29 is 14.3 Å². The van der Waals surface area contributed by atoms with Crippen molar-refractivity contribution in [1.82, 2.24) is 10.2 Å². The Balaban J connectivity index is 1.98. The number of likely N-dealkylation sites (tertiary alicyclic amines) is 1. The molecule has 2 amide bonds. The Bertz CT molecular complexity index is 496. The summed E-state index contributed by atoms with van der Waals surface area (Å²) in [5, 5.41) is 2.87. The number of hydrogen-bond acceptors (Lipinski definition) is 3. The number of nitrogens with one attached hydrogen (secondary N) is 1. The van der Waals surface area contributed by atoms with Crippen LogP contribution in [0.15, 0.2) is 30.3 Å². The molecular weight excluding hydrogens is 280 g/mol. The molecule has 5 heteroatoms. The van der Waals surface area contributed by atoms with E-state index in [2.05, 4.69) is 5.32 Å². The standard InChI is InChI=1S/C17H24N2O3/c1-13(20)18-16(14-6-4-3-5-7-14)12-17(21)19-10-8-15(22-2)9-11-19/h3-7,15-16H,8-12H2,1-2H3,(H,18,20). The van der Waals surface area contributed by atoms with Crippen molar-refractivity contribution >= 4 is 11.8 Å². The number of nitrogens with zero attached hydrogens (tertiary/aromatic N) is 1. The molecule has 5 nitrogen and oxygen atoms in total. The Morgan fingerprint density at radius 1 is 1.27 bits per heavy atom. The molecule has 0 aliphatic carbocycles. The number of hydrogen-bond donors (Lipinski definition) is 1. The molecule has 0 saturated carbocycles. The van der Waals surface area contributed by atoms with Gasteiger partial charge in [0.1, 0.15) is 0 Å². The van der Waals surface area contributed by atoms with Crippen LogP contribution < -0.4 is 5.32 Å². The molecule has 1 aliphatic rings. The van der Waals surface area contributed by atoms with Crippen LogP contribution in [0, 0.1) is 0 Å². The zero-order valence-electron chi connectivity index (χ0n) is 13.2. The largest absolute Gasteiger partial charge is 0.381 e. The second-order valence-corrected chi connectivity index (χ2v) is 5.68. The summed E-state index contributed by atoms with van der Waals surface area (Å²) >= 11 is 0. The van der Waals surface area contributed by atoms with Crippen LogP contribution in [0.1, 0.15) is 37.8 Å². The molecule has 1 unspecified atom stereocenters. The second kappa shape index (κ2) is 7.94. The van der Waals surface area contributed by atoms with Crippen molar-refractivity contribution in [2.45, 2.75) is 38.3 Å². The molecule has 0 radical (unpaired) electrons. The lowest BCUT2D eigenvalue weighted by Crippen LogP contribution is -2.42. The number of methoxy groups -OCH3 is 1. The summed E-state index contributed by atoms with van der Waals surface area (Å²) in [6.07, 6.45) is 2.29. The van der Waals surface area contributed by atoms with E-state index >= 15 is 0 Å². The van der Waals surface area contributed by atoms with E-state index in [0.717, 1.165) is 31.5 Å². The predicted octanol–water partition coefficient (Wildman–Crippen LogP) is 1.89. The van der Waals surface area contributed by atoms with Crippen LogP contribution >= 0.6 is 0 Å². The average Bonchev–Trinajstić information content (AvgIpc) is 2.54. The molecular formula is C17H24N2O3. The van der Waals surface area contributed by atoms with E-state index in [9.17, 15) is 9.59 Å². The maximum absolute atomic E-state index is 12.5. The lowest BCUT2D eigenvalue weighted by atomic mass is 10.0. The fourth-order valence-electron chi connectivity index (χ4n) is 2.83. The first-order valence-electron chi connectivity index (χ1n) is 7.72. The quantitative estimate of drug-likeness (QED) is 0.904. The van der Waals surface area contributed by atoms with Gasteiger partial charge in [0, 0.05) is 27.1 Å². The van der Waals surface area contributed by atoms with E-state index in [-0.39, 0.29) is 24.0 Å². The SMILES string of the molecule is COC1CCN(C(=O)CC(NC(C)=O)c2ccccc2)CC1. The molecule has 2 rings (SSSR count). The summed E-state index contributed by atoms with van der Waals surface area (Å²) in [7, 11) is 1.71. The number of ether oxygens (including phenoxy) is 1. The summed E-state index contributed by atoms with van der Waals surface area (Å²) in [5.41, 5.74) is 0.956. The molecule has 1 saturated heterocycles. The average molecular weight is 304 g/mol. The van der Waals surface area contributed by atoms with Crippen molar-refractivity contribution in [3.63, 3.8) is 0 Å². The van der Waals surface area contributed by atoms with Gasteiger partial charge in [-0.15, -0.1) is 0 Å². The van der Waals surface area contributed by atoms with Crippen LogP contribution in [0.25, 0.3) is 0 Å². The maximum atomic E-state index is 12.5. The minimum Gasteiger partial charge on any atom is -0.381 e. The first-order valence-corrected chi connectivity index (χ1v) is 7.72. The normalized spacial score (nSPS) is 17.1. The van der Waals surface area contributed by atoms with E-state index in [4.69, 9.17) is 4.74 Å². The maximum Gasteiger partial charge on any atom is 0.224 e. The van der Waals surface area contributed by atoms with Gasteiger partial charge in [-0.2, -0.15) is 0 Å². The van der Waals surface area contributed by atoms with E-state index < -0.39 is 0 Å². The van der Waals surface area contributed by atoms with Crippen molar-refractivity contribution in [2.24, 2.45) is 0 Å². The Labute approximate surface area is 131 Å². The van der Waals surface area contributed by atoms with Gasteiger partial charge in [-0.1, -0.05) is 30.3 Å². The van der Waals surface area contributed by atoms with Crippen molar-refractivity contribution in [3.05, 3.63) is 35.9 Å². The molecule has 1 heterocycles. The Morgan fingerprint density at radius 2 is 1.91 bits per heavy atom. The Kier molecular flexibility index (Phi) is 5.95. The highest BCUT2D eigenvalue weighted by molar-refractivity contribution is 5.79. The molecule has 120 valence electrons. The minimum atomic E-state index is -0.272. The summed E-state index contributed by atoms with van der Waals surface area (Å²) in [5.74, 6) is -0.0445. The van der Waals surface area contributed by atoms with Gasteiger partial charge in [-0.05, 0) is 18.4 Å². The lowest BCUT2D eigenvalue weighted by molar-refractivity contribution is -0.134. The highest BCUT2D eigenvalue weighted by Gasteiger charge is 2.25. The number of rotatable bonds is 5. The fraction of sp³-hybridized carbons (Fsp3) is 0.529. The van der Waals surface area contributed by atoms with Crippen LogP contribution in [-0.4, -0.2) is 43.0 Å². The third-order valence-electron chi connectivity index (χ3n) is 4.09. The van der Waals surface area contributed by atoms with Crippen LogP contribution in [0.3, 0.4) is 0 Å². The van der Waals surface area contributed by atoms with Crippen LogP contribution in [-0.2, 0) is 14.3 Å². The zero-order valence-corrected chi connectivity index (χ0v) is 13.2. The molecule has 0 spiro atoms. The van der Waals surface area contributed by atoms with Crippen molar-refractivity contribution in [1.29, 1.82) is 0 Å². The molecule has 1 aromatic carbocycles. The van der Waals surface area contributed by atoms with Gasteiger partial charge in [0.25, 0.3) is 0 Å². The van der Waals surface area contributed by atoms with E-state index in [1.807, 2.05) is 35.2 Å². The van der Waals surface area contributed by atoms with Gasteiger partial charge in [0.15, 0.2) is 0 Å². The summed E-state index contributed by atoms with van der Waals surface area (Å²) in [6.45, 7) is 2.92. The summed E-state index contributed by atoms with van der Waals surface area (Å²) in [6, 6.07) is 9.35. The number of amides is 2. The van der Waals surface area contributed by atoms with Crippen molar-refractivity contribution in [2.75, 3.05) is 20.2 Å². The van der Waals surface area contributed by atoms with Gasteiger partial charge in [-0.3, -0.25) is 9.59 Å². The van der Waals surface area contributed by atoms with Crippen molar-refractivity contribution in [3.8, 4) is 0 Å². The van der Waals surface area contributed by atoms with Gasteiger partial charge in [0.2, 0.25) is 11.8 Å². The molecule has 1 fully saturated rings. The molecule has 0 bridgehead atoms. The van der Waals surface area contributed by atoms with E-state index in [1.54, 1.807) is 7.11 Å². The lowest BCUT2D eigenvalue weighted by Gasteiger charge is -2.32. The van der Waals surface area contributed by atoms with Crippen LogP contribution in [0.2, 0.25) is 0 Å². The molecule has 1 N–H and O–H groups in total. The summed E-state index contributed by atoms with van der Waals surface area (Å²) in [4.78, 5) is 25.8.